The maximum absolute atomic E-state index is 12.4. The molecule has 3 aromatic carbocycles. The van der Waals surface area contributed by atoms with Crippen LogP contribution >= 0.6 is 0 Å². The fraction of sp³-hybridized carbons (Fsp3) is 0.226. The summed E-state index contributed by atoms with van der Waals surface area (Å²) in [5, 5.41) is 0. The van der Waals surface area contributed by atoms with E-state index in [1.165, 1.54) is 6.08 Å². The zero-order valence-electron chi connectivity index (χ0n) is 21.3. The Labute approximate surface area is 218 Å². The van der Waals surface area contributed by atoms with Crippen LogP contribution in [0, 0.1) is 0 Å². The van der Waals surface area contributed by atoms with E-state index in [0.717, 1.165) is 16.7 Å². The molecule has 0 aliphatic heterocycles. The molecule has 0 saturated heterocycles. The fourth-order valence-corrected chi connectivity index (χ4v) is 5.90. The molecule has 5 nitrogen and oxygen atoms in total. The standard InChI is InChI=1S/C31H30O5S/c1-22-20-27(37(33,34)35)26(21-32)29(36-30(2,3)4)28(22)31(23-14-8-5-9-15-23,24-16-10-6-11-17-24)25-18-12-7-13-19-25/h5-20,29H,1-4H3,(H,33,34,35). The van der Waals surface area contributed by atoms with E-state index >= 15 is 0 Å². The first-order valence-corrected chi connectivity index (χ1v) is 13.4. The van der Waals surface area contributed by atoms with Crippen molar-refractivity contribution < 1.29 is 22.5 Å². The first-order valence-electron chi connectivity index (χ1n) is 12.0. The molecule has 0 heterocycles. The molecule has 0 fully saturated rings. The lowest BCUT2D eigenvalue weighted by atomic mass is 9.60. The summed E-state index contributed by atoms with van der Waals surface area (Å²) in [6.07, 6.45) is 0.233. The summed E-state index contributed by atoms with van der Waals surface area (Å²) < 4.78 is 41.3. The first kappa shape index (κ1) is 26.5. The highest BCUT2D eigenvalue weighted by Crippen LogP contribution is 2.52. The third-order valence-electron chi connectivity index (χ3n) is 6.45. The van der Waals surface area contributed by atoms with Crippen LogP contribution < -0.4 is 0 Å². The zero-order valence-corrected chi connectivity index (χ0v) is 22.1. The van der Waals surface area contributed by atoms with E-state index in [2.05, 4.69) is 0 Å². The monoisotopic (exact) mass is 514 g/mol. The number of hydrogen-bond donors (Lipinski definition) is 1. The Morgan fingerprint density at radius 2 is 1.19 bits per heavy atom. The minimum absolute atomic E-state index is 0.259. The second-order valence-electron chi connectivity index (χ2n) is 10.1. The van der Waals surface area contributed by atoms with Crippen LogP contribution in [0.1, 0.15) is 44.4 Å². The average molecular weight is 515 g/mol. The van der Waals surface area contributed by atoms with Crippen molar-refractivity contribution in [3.8, 4) is 0 Å². The second kappa shape index (κ2) is 10.1. The molecule has 190 valence electrons. The Hall–Kier alpha value is -3.54. The molecular formula is C31H30O5S. The van der Waals surface area contributed by atoms with Gasteiger partial charge in [0.2, 0.25) is 0 Å². The molecule has 3 aromatic rings. The molecule has 6 heteroatoms. The van der Waals surface area contributed by atoms with Gasteiger partial charge in [0.1, 0.15) is 17.0 Å². The van der Waals surface area contributed by atoms with E-state index in [9.17, 15) is 17.8 Å². The molecule has 1 N–H and O–H groups in total. The normalized spacial score (nSPS) is 16.8. The van der Waals surface area contributed by atoms with Gasteiger partial charge in [0.15, 0.2) is 0 Å². The van der Waals surface area contributed by atoms with Gasteiger partial charge in [0.25, 0.3) is 10.1 Å². The molecule has 0 bridgehead atoms. The predicted octanol–water partition coefficient (Wildman–Crippen LogP) is 6.06. The van der Waals surface area contributed by atoms with Gasteiger partial charge in [0, 0.05) is 0 Å². The third-order valence-corrected chi connectivity index (χ3v) is 7.34. The van der Waals surface area contributed by atoms with Crippen LogP contribution in [0.25, 0.3) is 0 Å². The maximum Gasteiger partial charge on any atom is 0.295 e. The summed E-state index contributed by atoms with van der Waals surface area (Å²) in [5.41, 5.74) is 2.00. The first-order chi connectivity index (χ1) is 17.5. The molecule has 4 rings (SSSR count). The Morgan fingerprint density at radius 1 is 0.784 bits per heavy atom. The van der Waals surface area contributed by atoms with Gasteiger partial charge in [-0.15, -0.1) is 0 Å². The average Bonchev–Trinajstić information content (AvgIpc) is 2.86. The minimum atomic E-state index is -4.72. The minimum Gasteiger partial charge on any atom is -0.363 e. The smallest absolute Gasteiger partial charge is 0.295 e. The number of benzene rings is 3. The van der Waals surface area contributed by atoms with Gasteiger partial charge in [-0.25, -0.2) is 4.79 Å². The van der Waals surface area contributed by atoms with Crippen LogP contribution in [-0.4, -0.2) is 30.6 Å². The zero-order chi connectivity index (χ0) is 26.8. The maximum atomic E-state index is 12.4. The lowest BCUT2D eigenvalue weighted by molar-refractivity contribution is -0.0295. The van der Waals surface area contributed by atoms with E-state index in [1.54, 1.807) is 6.92 Å². The van der Waals surface area contributed by atoms with Crippen LogP contribution in [-0.2, 0) is 25.1 Å². The Balaban J connectivity index is 2.25. The van der Waals surface area contributed by atoms with Crippen LogP contribution in [0.3, 0.4) is 0 Å². The molecule has 0 aromatic heterocycles. The molecule has 0 amide bonds. The van der Waals surface area contributed by atoms with Crippen molar-refractivity contribution in [2.24, 2.45) is 0 Å². The van der Waals surface area contributed by atoms with Crippen LogP contribution in [0.4, 0.5) is 0 Å². The Morgan fingerprint density at radius 3 is 1.51 bits per heavy atom. The van der Waals surface area contributed by atoms with Crippen LogP contribution in [0.5, 0.6) is 0 Å². The van der Waals surface area contributed by atoms with Crippen molar-refractivity contribution in [1.82, 2.24) is 0 Å². The molecule has 1 unspecified atom stereocenters. The molecule has 1 atom stereocenters. The third kappa shape index (κ3) is 5.02. The summed E-state index contributed by atoms with van der Waals surface area (Å²) >= 11 is 0. The van der Waals surface area contributed by atoms with Gasteiger partial charge in [-0.3, -0.25) is 4.55 Å². The molecule has 0 spiro atoms. The lowest BCUT2D eigenvalue weighted by Gasteiger charge is -2.45. The predicted molar refractivity (Wildman–Crippen MR) is 145 cm³/mol. The summed E-state index contributed by atoms with van der Waals surface area (Å²) in [5.74, 6) is 1.81. The van der Waals surface area contributed by atoms with Crippen molar-refractivity contribution in [2.75, 3.05) is 0 Å². The van der Waals surface area contributed by atoms with Gasteiger partial charge < -0.3 is 4.74 Å². The van der Waals surface area contributed by atoms with Crippen LogP contribution in [0.15, 0.2) is 119 Å². The number of allylic oxidation sites excluding steroid dienone is 2. The lowest BCUT2D eigenvalue weighted by Crippen LogP contribution is -2.44. The van der Waals surface area contributed by atoms with E-state index in [0.29, 0.717) is 11.1 Å². The number of rotatable bonds is 6. The largest absolute Gasteiger partial charge is 0.363 e. The van der Waals surface area contributed by atoms with Crippen molar-refractivity contribution in [3.05, 3.63) is 135 Å². The van der Waals surface area contributed by atoms with E-state index in [4.69, 9.17) is 4.74 Å². The van der Waals surface area contributed by atoms with Gasteiger partial charge in [-0.05, 0) is 61.6 Å². The summed E-state index contributed by atoms with van der Waals surface area (Å²) in [6, 6.07) is 29.6. The number of hydrogen-bond acceptors (Lipinski definition) is 4. The number of carbonyl (C=O) groups excluding carboxylic acids is 1. The topological polar surface area (TPSA) is 80.7 Å². The van der Waals surface area contributed by atoms with E-state index < -0.39 is 32.1 Å². The highest BCUT2D eigenvalue weighted by molar-refractivity contribution is 7.90. The van der Waals surface area contributed by atoms with Gasteiger partial charge in [-0.2, -0.15) is 8.42 Å². The molecule has 37 heavy (non-hydrogen) atoms. The molecule has 0 radical (unpaired) electrons. The van der Waals surface area contributed by atoms with Crippen molar-refractivity contribution in [2.45, 2.75) is 44.8 Å². The van der Waals surface area contributed by atoms with E-state index in [1.807, 2.05) is 118 Å². The van der Waals surface area contributed by atoms with Crippen LogP contribution in [0.2, 0.25) is 0 Å². The Kier molecular flexibility index (Phi) is 7.22. The molecular weight excluding hydrogens is 484 g/mol. The highest BCUT2D eigenvalue weighted by atomic mass is 32.2. The number of ether oxygens (including phenoxy) is 1. The summed E-state index contributed by atoms with van der Waals surface area (Å²) in [6.45, 7) is 7.29. The van der Waals surface area contributed by atoms with Crippen molar-refractivity contribution >= 4 is 16.1 Å². The molecule has 1 aliphatic rings. The highest BCUT2D eigenvalue weighted by Gasteiger charge is 2.49. The Bertz CT molecular complexity index is 1390. The fourth-order valence-electron chi connectivity index (χ4n) is 5.14. The molecule has 1 aliphatic carbocycles. The molecule has 0 saturated carbocycles. The van der Waals surface area contributed by atoms with Gasteiger partial charge >= 0.3 is 0 Å². The van der Waals surface area contributed by atoms with E-state index in [-0.39, 0.29) is 5.57 Å². The SMILES string of the molecule is CC1=C(C(c2ccccc2)(c2ccccc2)c2ccccc2)C(OC(C)(C)C)C(=C=O)C(S(=O)(=O)O)=C1. The summed E-state index contributed by atoms with van der Waals surface area (Å²) in [4.78, 5) is 11.9. The second-order valence-corrected chi connectivity index (χ2v) is 11.4. The van der Waals surface area contributed by atoms with Crippen molar-refractivity contribution in [1.29, 1.82) is 0 Å². The van der Waals surface area contributed by atoms with Gasteiger partial charge in [0.05, 0.1) is 16.6 Å². The van der Waals surface area contributed by atoms with Gasteiger partial charge in [-0.1, -0.05) is 91.0 Å². The van der Waals surface area contributed by atoms with Crippen molar-refractivity contribution in [3.63, 3.8) is 0 Å². The summed E-state index contributed by atoms with van der Waals surface area (Å²) in [7, 11) is -4.72. The quantitative estimate of drug-likeness (QED) is 0.246.